The predicted molar refractivity (Wildman–Crippen MR) is 111 cm³/mol. The van der Waals surface area contributed by atoms with Gasteiger partial charge in [-0.1, -0.05) is 30.3 Å². The number of likely N-dealkylation sites (tertiary alicyclic amines) is 1. The third kappa shape index (κ3) is 7.93. The molecule has 8 nitrogen and oxygen atoms in total. The molecule has 1 heterocycles. The van der Waals surface area contributed by atoms with Crippen molar-refractivity contribution in [2.75, 3.05) is 13.7 Å². The van der Waals surface area contributed by atoms with E-state index in [0.717, 1.165) is 5.56 Å². The summed E-state index contributed by atoms with van der Waals surface area (Å²) in [6, 6.07) is 9.03. The van der Waals surface area contributed by atoms with Gasteiger partial charge in [0.05, 0.1) is 13.2 Å². The number of hydrogen-bond acceptors (Lipinski definition) is 6. The van der Waals surface area contributed by atoms with Crippen LogP contribution in [0, 0.1) is 0 Å². The van der Waals surface area contributed by atoms with E-state index in [1.54, 1.807) is 4.90 Å². The fraction of sp³-hybridized carbons (Fsp3) is 0.591. The number of nitrogens with one attached hydrogen (secondary N) is 1. The van der Waals surface area contributed by atoms with Crippen LogP contribution in [0.2, 0.25) is 0 Å². The molecule has 2 atom stereocenters. The van der Waals surface area contributed by atoms with E-state index in [9.17, 15) is 14.4 Å². The van der Waals surface area contributed by atoms with Crippen molar-refractivity contribution in [1.29, 1.82) is 0 Å². The van der Waals surface area contributed by atoms with Gasteiger partial charge in [0.2, 0.25) is 0 Å². The van der Waals surface area contributed by atoms with Gasteiger partial charge >= 0.3 is 18.2 Å². The first kappa shape index (κ1) is 23.5. The summed E-state index contributed by atoms with van der Waals surface area (Å²) < 4.78 is 15.5. The van der Waals surface area contributed by atoms with Gasteiger partial charge in [0.1, 0.15) is 12.2 Å². The number of carbonyl (C=O) groups excluding carboxylic acids is 3. The maximum Gasteiger partial charge on any atom is 0.410 e. The Morgan fingerprint density at radius 1 is 1.17 bits per heavy atom. The Morgan fingerprint density at radius 3 is 2.50 bits per heavy atom. The van der Waals surface area contributed by atoms with Crippen LogP contribution in [-0.4, -0.2) is 54.4 Å². The molecule has 2 rings (SSSR count). The highest BCUT2D eigenvalue weighted by atomic mass is 16.6. The standard InChI is InChI=1S/C22H32N2O6/c1-22(2,3)30-21(27)24-14-17(13-18(24)11-8-12-19(25)28-4)23-20(26)29-15-16-9-6-5-7-10-16/h5-7,9-10,17-18H,8,11-15H2,1-4H3,(H,23,26)/t17-,18+/m0/s1. The first-order chi connectivity index (χ1) is 14.2. The number of ether oxygens (including phenoxy) is 3. The lowest BCUT2D eigenvalue weighted by Crippen LogP contribution is -2.42. The number of benzene rings is 1. The van der Waals surface area contributed by atoms with Gasteiger partial charge in [0, 0.05) is 19.0 Å². The van der Waals surface area contributed by atoms with Gasteiger partial charge in [-0.3, -0.25) is 4.79 Å². The predicted octanol–water partition coefficient (Wildman–Crippen LogP) is 3.63. The number of esters is 1. The Balaban J connectivity index is 1.91. The minimum absolute atomic E-state index is 0.135. The largest absolute Gasteiger partial charge is 0.469 e. The van der Waals surface area contributed by atoms with Crippen molar-refractivity contribution >= 4 is 18.2 Å². The number of hydrogen-bond donors (Lipinski definition) is 1. The fourth-order valence-electron chi connectivity index (χ4n) is 3.35. The topological polar surface area (TPSA) is 94.2 Å². The van der Waals surface area contributed by atoms with Gasteiger partial charge in [-0.25, -0.2) is 9.59 Å². The van der Waals surface area contributed by atoms with E-state index in [1.807, 2.05) is 51.1 Å². The summed E-state index contributed by atoms with van der Waals surface area (Å²) in [7, 11) is 1.35. The molecule has 166 valence electrons. The van der Waals surface area contributed by atoms with Crippen LogP contribution in [0.3, 0.4) is 0 Å². The lowest BCUT2D eigenvalue weighted by atomic mass is 10.1. The SMILES string of the molecule is COC(=O)CCC[C@@H]1C[C@H](NC(=O)OCc2ccccc2)CN1C(=O)OC(C)(C)C. The second-order valence-electron chi connectivity index (χ2n) is 8.39. The normalized spacial score (nSPS) is 18.6. The van der Waals surface area contributed by atoms with Crippen LogP contribution in [0.1, 0.15) is 52.0 Å². The number of amides is 2. The van der Waals surface area contributed by atoms with Crippen LogP contribution in [0.5, 0.6) is 0 Å². The van der Waals surface area contributed by atoms with Crippen molar-refractivity contribution in [2.24, 2.45) is 0 Å². The number of rotatable bonds is 7. The molecule has 0 saturated carbocycles. The highest BCUT2D eigenvalue weighted by Gasteiger charge is 2.38. The zero-order valence-electron chi connectivity index (χ0n) is 18.2. The van der Waals surface area contributed by atoms with Crippen LogP contribution in [-0.2, 0) is 25.6 Å². The Labute approximate surface area is 177 Å². The van der Waals surface area contributed by atoms with Gasteiger partial charge in [-0.15, -0.1) is 0 Å². The van der Waals surface area contributed by atoms with Crippen molar-refractivity contribution < 1.29 is 28.6 Å². The molecule has 0 bridgehead atoms. The number of carbonyl (C=O) groups is 3. The van der Waals surface area contributed by atoms with Crippen molar-refractivity contribution in [3.63, 3.8) is 0 Å². The fourth-order valence-corrected chi connectivity index (χ4v) is 3.35. The average Bonchev–Trinajstić information content (AvgIpc) is 3.08. The van der Waals surface area contributed by atoms with Gasteiger partial charge in [-0.05, 0) is 45.6 Å². The molecule has 1 aliphatic rings. The van der Waals surface area contributed by atoms with Gasteiger partial charge in [0.15, 0.2) is 0 Å². The van der Waals surface area contributed by atoms with E-state index in [4.69, 9.17) is 9.47 Å². The van der Waals surface area contributed by atoms with E-state index in [2.05, 4.69) is 10.1 Å². The molecule has 0 aromatic heterocycles. The number of alkyl carbamates (subject to hydrolysis) is 1. The molecule has 0 spiro atoms. The summed E-state index contributed by atoms with van der Waals surface area (Å²) in [4.78, 5) is 37.8. The maximum absolute atomic E-state index is 12.6. The smallest absolute Gasteiger partial charge is 0.410 e. The van der Waals surface area contributed by atoms with E-state index < -0.39 is 17.8 Å². The summed E-state index contributed by atoms with van der Waals surface area (Å²) in [6.45, 7) is 5.94. The monoisotopic (exact) mass is 420 g/mol. The third-order valence-electron chi connectivity index (χ3n) is 4.72. The third-order valence-corrected chi connectivity index (χ3v) is 4.72. The van der Waals surface area contributed by atoms with Crippen LogP contribution in [0.25, 0.3) is 0 Å². The first-order valence-corrected chi connectivity index (χ1v) is 10.2. The Morgan fingerprint density at radius 2 is 1.87 bits per heavy atom. The highest BCUT2D eigenvalue weighted by Crippen LogP contribution is 2.25. The van der Waals surface area contributed by atoms with E-state index >= 15 is 0 Å². The molecule has 1 aromatic carbocycles. The lowest BCUT2D eigenvalue weighted by Gasteiger charge is -2.28. The second kappa shape index (κ2) is 10.8. The van der Waals surface area contributed by atoms with Crippen molar-refractivity contribution in [3.05, 3.63) is 35.9 Å². The first-order valence-electron chi connectivity index (χ1n) is 10.2. The average molecular weight is 421 g/mol. The zero-order chi connectivity index (χ0) is 22.1. The van der Waals surface area contributed by atoms with E-state index in [-0.39, 0.29) is 31.1 Å². The Hall–Kier alpha value is -2.77. The molecular weight excluding hydrogens is 388 g/mol. The molecule has 1 fully saturated rings. The minimum atomic E-state index is -0.617. The minimum Gasteiger partial charge on any atom is -0.469 e. The summed E-state index contributed by atoms with van der Waals surface area (Å²) >= 11 is 0. The van der Waals surface area contributed by atoms with Crippen molar-refractivity contribution in [1.82, 2.24) is 10.2 Å². The van der Waals surface area contributed by atoms with Crippen molar-refractivity contribution in [2.45, 2.75) is 70.7 Å². The highest BCUT2D eigenvalue weighted by molar-refractivity contribution is 5.71. The Bertz CT molecular complexity index is 716. The van der Waals surface area contributed by atoms with Crippen LogP contribution in [0.15, 0.2) is 30.3 Å². The zero-order valence-corrected chi connectivity index (χ0v) is 18.2. The molecule has 1 aromatic rings. The van der Waals surface area contributed by atoms with E-state index in [1.165, 1.54) is 7.11 Å². The molecule has 1 N–H and O–H groups in total. The van der Waals surface area contributed by atoms with Crippen LogP contribution in [0.4, 0.5) is 9.59 Å². The van der Waals surface area contributed by atoms with Gasteiger partial charge in [0.25, 0.3) is 0 Å². The van der Waals surface area contributed by atoms with Crippen LogP contribution < -0.4 is 5.32 Å². The Kier molecular flexibility index (Phi) is 8.50. The molecule has 2 amide bonds. The summed E-state index contributed by atoms with van der Waals surface area (Å²) in [5, 5.41) is 2.83. The van der Waals surface area contributed by atoms with Crippen LogP contribution >= 0.6 is 0 Å². The van der Waals surface area contributed by atoms with Gasteiger partial charge < -0.3 is 24.4 Å². The van der Waals surface area contributed by atoms with Crippen molar-refractivity contribution in [3.8, 4) is 0 Å². The summed E-state index contributed by atoms with van der Waals surface area (Å²) in [6.07, 6.45) is 1.11. The molecule has 0 aliphatic carbocycles. The maximum atomic E-state index is 12.6. The quantitative estimate of drug-likeness (QED) is 0.535. The van der Waals surface area contributed by atoms with E-state index in [0.29, 0.717) is 25.8 Å². The van der Waals surface area contributed by atoms with Gasteiger partial charge in [-0.2, -0.15) is 0 Å². The molecule has 0 radical (unpaired) electrons. The molecule has 30 heavy (non-hydrogen) atoms. The molecule has 0 unspecified atom stereocenters. The molecular formula is C22H32N2O6. The summed E-state index contributed by atoms with van der Waals surface area (Å²) in [5.41, 5.74) is 0.281. The molecule has 8 heteroatoms. The summed E-state index contributed by atoms with van der Waals surface area (Å²) in [5.74, 6) is -0.282. The number of methoxy groups -OCH3 is 1. The molecule has 1 aliphatic heterocycles. The second-order valence-corrected chi connectivity index (χ2v) is 8.39. The number of nitrogens with zero attached hydrogens (tertiary/aromatic N) is 1. The lowest BCUT2D eigenvalue weighted by molar-refractivity contribution is -0.140. The molecule has 1 saturated heterocycles.